The molecule has 0 radical (unpaired) electrons. The van der Waals surface area contributed by atoms with Crippen molar-refractivity contribution in [2.24, 2.45) is 5.92 Å². The minimum atomic E-state index is -3.10. The second kappa shape index (κ2) is 8.62. The molecule has 1 aliphatic carbocycles. The number of rotatable bonds is 7. The van der Waals surface area contributed by atoms with Gasteiger partial charge < -0.3 is 10.2 Å². The summed E-state index contributed by atoms with van der Waals surface area (Å²) in [5.41, 5.74) is 0.572. The van der Waals surface area contributed by atoms with Crippen molar-refractivity contribution in [1.82, 2.24) is 14.6 Å². The van der Waals surface area contributed by atoms with Crippen molar-refractivity contribution in [3.8, 4) is 0 Å². The van der Waals surface area contributed by atoms with Gasteiger partial charge in [0.1, 0.15) is 5.82 Å². The molecule has 0 aliphatic heterocycles. The highest BCUT2D eigenvalue weighted by Gasteiger charge is 2.22. The molecule has 1 amide bonds. The summed E-state index contributed by atoms with van der Waals surface area (Å²) in [7, 11) is 0.327. The van der Waals surface area contributed by atoms with Crippen molar-refractivity contribution >= 4 is 21.7 Å². The molecule has 140 valence electrons. The Kier molecular flexibility index (Phi) is 6.78. The van der Waals surface area contributed by atoms with Crippen LogP contribution in [0.4, 0.5) is 5.82 Å². The Morgan fingerprint density at radius 1 is 1.24 bits per heavy atom. The minimum Gasteiger partial charge on any atom is -0.367 e. The lowest BCUT2D eigenvalue weighted by Crippen LogP contribution is -2.34. The number of nitrogens with one attached hydrogen (secondary N) is 2. The van der Waals surface area contributed by atoms with Crippen LogP contribution in [0.15, 0.2) is 18.3 Å². The number of carbonyl (C=O) groups excluding carboxylic acids is 1. The van der Waals surface area contributed by atoms with Crippen LogP contribution < -0.4 is 10.0 Å². The molecule has 25 heavy (non-hydrogen) atoms. The number of sulfonamides is 1. The molecule has 0 bridgehead atoms. The quantitative estimate of drug-likeness (QED) is 0.764. The molecule has 1 saturated carbocycles. The number of amides is 1. The van der Waals surface area contributed by atoms with Gasteiger partial charge in [0.05, 0.1) is 11.3 Å². The Hall–Kier alpha value is -1.67. The summed E-state index contributed by atoms with van der Waals surface area (Å²) in [6.45, 7) is 2.18. The van der Waals surface area contributed by atoms with Crippen LogP contribution in [0.3, 0.4) is 0 Å². The van der Waals surface area contributed by atoms with Crippen LogP contribution in [0.2, 0.25) is 0 Å². The van der Waals surface area contributed by atoms with Gasteiger partial charge in [0, 0.05) is 32.9 Å². The standard InChI is InChI=1S/C17H28N4O3S/c1-4-25(23,24)19-11-13-5-8-15(9-6-13)20-16-10-7-14(12-18-16)17(22)21(2)3/h7,10,12-13,15,19H,4-6,8-9,11H2,1-3H3,(H,18,20)/t13-,15-. The third-order valence-corrected chi connectivity index (χ3v) is 5.95. The Bertz CT molecular complexity index is 666. The maximum absolute atomic E-state index is 11.9. The lowest BCUT2D eigenvalue weighted by Gasteiger charge is -2.29. The van der Waals surface area contributed by atoms with Crippen LogP contribution in [-0.2, 0) is 10.0 Å². The van der Waals surface area contributed by atoms with E-state index in [1.807, 2.05) is 6.07 Å². The van der Waals surface area contributed by atoms with Crippen molar-refractivity contribution in [1.29, 1.82) is 0 Å². The molecule has 1 aromatic rings. The first-order chi connectivity index (χ1) is 11.8. The van der Waals surface area contributed by atoms with E-state index in [0.717, 1.165) is 31.5 Å². The number of aromatic nitrogens is 1. The third kappa shape index (κ3) is 5.97. The summed E-state index contributed by atoms with van der Waals surface area (Å²) in [4.78, 5) is 17.7. The first kappa shape index (κ1) is 19.7. The maximum atomic E-state index is 11.9. The second-order valence-corrected chi connectivity index (χ2v) is 8.84. The van der Waals surface area contributed by atoms with E-state index in [2.05, 4.69) is 15.0 Å². The van der Waals surface area contributed by atoms with Gasteiger partial charge >= 0.3 is 0 Å². The summed E-state index contributed by atoms with van der Waals surface area (Å²) in [5.74, 6) is 1.23. The van der Waals surface area contributed by atoms with E-state index in [1.165, 1.54) is 4.90 Å². The van der Waals surface area contributed by atoms with Gasteiger partial charge in [0.15, 0.2) is 0 Å². The fraction of sp³-hybridized carbons (Fsp3) is 0.647. The zero-order valence-corrected chi connectivity index (χ0v) is 16.0. The van der Waals surface area contributed by atoms with E-state index >= 15 is 0 Å². The third-order valence-electron chi connectivity index (χ3n) is 4.59. The molecule has 1 aliphatic rings. The van der Waals surface area contributed by atoms with Gasteiger partial charge in [-0.15, -0.1) is 0 Å². The molecule has 1 aromatic heterocycles. The molecule has 0 unspecified atom stereocenters. The normalized spacial score (nSPS) is 20.9. The van der Waals surface area contributed by atoms with Gasteiger partial charge in [-0.3, -0.25) is 4.79 Å². The molecule has 0 saturated heterocycles. The average Bonchev–Trinajstić information content (AvgIpc) is 2.61. The van der Waals surface area contributed by atoms with Gasteiger partial charge in [0.2, 0.25) is 10.0 Å². The number of hydrogen-bond acceptors (Lipinski definition) is 5. The van der Waals surface area contributed by atoms with Crippen molar-refractivity contribution in [2.75, 3.05) is 31.7 Å². The van der Waals surface area contributed by atoms with Crippen LogP contribution >= 0.6 is 0 Å². The molecule has 7 nitrogen and oxygen atoms in total. The van der Waals surface area contributed by atoms with Crippen molar-refractivity contribution < 1.29 is 13.2 Å². The van der Waals surface area contributed by atoms with E-state index in [-0.39, 0.29) is 11.7 Å². The lowest BCUT2D eigenvalue weighted by molar-refractivity contribution is 0.0827. The number of hydrogen-bond donors (Lipinski definition) is 2. The van der Waals surface area contributed by atoms with E-state index < -0.39 is 10.0 Å². The zero-order chi connectivity index (χ0) is 18.4. The Morgan fingerprint density at radius 2 is 1.92 bits per heavy atom. The van der Waals surface area contributed by atoms with E-state index in [9.17, 15) is 13.2 Å². The first-order valence-electron chi connectivity index (χ1n) is 8.72. The van der Waals surface area contributed by atoms with Crippen LogP contribution in [0, 0.1) is 5.92 Å². The fourth-order valence-corrected chi connectivity index (χ4v) is 3.62. The minimum absolute atomic E-state index is 0.0610. The second-order valence-electron chi connectivity index (χ2n) is 6.75. The largest absolute Gasteiger partial charge is 0.367 e. The molecule has 1 fully saturated rings. The van der Waals surface area contributed by atoms with Crippen molar-refractivity contribution in [3.05, 3.63) is 23.9 Å². The van der Waals surface area contributed by atoms with Crippen molar-refractivity contribution in [3.63, 3.8) is 0 Å². The highest BCUT2D eigenvalue weighted by Crippen LogP contribution is 2.26. The molecule has 0 atom stereocenters. The van der Waals surface area contributed by atoms with E-state index in [1.54, 1.807) is 33.3 Å². The van der Waals surface area contributed by atoms with Crippen LogP contribution in [-0.4, -0.2) is 56.6 Å². The summed E-state index contributed by atoms with van der Waals surface area (Å²) in [6.07, 6.45) is 5.54. The predicted molar refractivity (Wildman–Crippen MR) is 99.1 cm³/mol. The lowest BCUT2D eigenvalue weighted by atomic mass is 9.86. The number of nitrogens with zero attached hydrogens (tertiary/aromatic N) is 2. The van der Waals surface area contributed by atoms with Gasteiger partial charge in [-0.05, 0) is 50.7 Å². The molecular weight excluding hydrogens is 340 g/mol. The van der Waals surface area contributed by atoms with Crippen LogP contribution in [0.25, 0.3) is 0 Å². The van der Waals surface area contributed by atoms with Gasteiger partial charge in [-0.25, -0.2) is 18.1 Å². The number of pyridine rings is 1. The van der Waals surface area contributed by atoms with Crippen LogP contribution in [0.1, 0.15) is 43.0 Å². The maximum Gasteiger partial charge on any atom is 0.254 e. The molecule has 0 aromatic carbocycles. The zero-order valence-electron chi connectivity index (χ0n) is 15.2. The molecule has 1 heterocycles. The molecule has 2 N–H and O–H groups in total. The Labute approximate surface area is 150 Å². The fourth-order valence-electron chi connectivity index (χ4n) is 2.93. The van der Waals surface area contributed by atoms with Crippen molar-refractivity contribution in [2.45, 2.75) is 38.6 Å². The monoisotopic (exact) mass is 368 g/mol. The number of anilines is 1. The summed E-state index contributed by atoms with van der Waals surface area (Å²) in [6, 6.07) is 3.95. The molecule has 0 spiro atoms. The Morgan fingerprint density at radius 3 is 2.44 bits per heavy atom. The van der Waals surface area contributed by atoms with Gasteiger partial charge in [-0.2, -0.15) is 0 Å². The molecule has 2 rings (SSSR count). The SMILES string of the molecule is CCS(=O)(=O)NC[C@H]1CC[C@H](Nc2ccc(C(=O)N(C)C)cn2)CC1. The van der Waals surface area contributed by atoms with E-state index in [4.69, 9.17) is 0 Å². The Balaban J connectivity index is 1.79. The predicted octanol–water partition coefficient (Wildman–Crippen LogP) is 1.69. The molecule has 8 heteroatoms. The highest BCUT2D eigenvalue weighted by molar-refractivity contribution is 7.89. The smallest absolute Gasteiger partial charge is 0.254 e. The topological polar surface area (TPSA) is 91.4 Å². The molecular formula is C17H28N4O3S. The van der Waals surface area contributed by atoms with E-state index in [0.29, 0.717) is 24.1 Å². The van der Waals surface area contributed by atoms with Crippen LogP contribution in [0.5, 0.6) is 0 Å². The average molecular weight is 369 g/mol. The highest BCUT2D eigenvalue weighted by atomic mass is 32.2. The summed E-state index contributed by atoms with van der Waals surface area (Å²) >= 11 is 0. The van der Waals surface area contributed by atoms with Gasteiger partial charge in [-0.1, -0.05) is 0 Å². The summed E-state index contributed by atoms with van der Waals surface area (Å²) in [5, 5.41) is 3.41. The van der Waals surface area contributed by atoms with Gasteiger partial charge in [0.25, 0.3) is 5.91 Å². The summed E-state index contributed by atoms with van der Waals surface area (Å²) < 4.78 is 25.7. The first-order valence-corrected chi connectivity index (χ1v) is 10.4. The number of carbonyl (C=O) groups is 1.